The minimum Gasteiger partial charge on any atom is -0.345 e. The third kappa shape index (κ3) is 3.13. The lowest BCUT2D eigenvalue weighted by Gasteiger charge is -2.34. The van der Waals surface area contributed by atoms with Crippen LogP contribution in [0.1, 0.15) is 44.9 Å². The van der Waals surface area contributed by atoms with Gasteiger partial charge in [0, 0.05) is 25.4 Å². The molecule has 0 aromatic heterocycles. The summed E-state index contributed by atoms with van der Waals surface area (Å²) in [6.45, 7) is 0.911. The maximum Gasteiger partial charge on any atom is 0.222 e. The van der Waals surface area contributed by atoms with Crippen LogP contribution >= 0.6 is 11.6 Å². The van der Waals surface area contributed by atoms with Crippen molar-refractivity contribution in [1.82, 2.24) is 4.90 Å². The molecule has 0 spiro atoms. The highest BCUT2D eigenvalue weighted by Crippen LogP contribution is 2.33. The number of carbonyl (C=O) groups excluding carboxylic acids is 1. The lowest BCUT2D eigenvalue weighted by Crippen LogP contribution is -2.38. The molecule has 2 saturated carbocycles. The van der Waals surface area contributed by atoms with Crippen molar-refractivity contribution in [3.63, 3.8) is 0 Å². The average Bonchev–Trinajstić information content (AvgIpc) is 2.68. The second kappa shape index (κ2) is 5.39. The van der Waals surface area contributed by atoms with Crippen LogP contribution in [0.5, 0.6) is 0 Å². The summed E-state index contributed by atoms with van der Waals surface area (Å²) in [4.78, 5) is 13.9. The molecule has 2 aliphatic carbocycles. The van der Waals surface area contributed by atoms with Crippen molar-refractivity contribution in [2.75, 3.05) is 13.6 Å². The minimum absolute atomic E-state index is 0.338. The number of rotatable bonds is 4. The van der Waals surface area contributed by atoms with E-state index in [9.17, 15) is 4.79 Å². The minimum atomic E-state index is 0.338. The first-order valence-corrected chi connectivity index (χ1v) is 6.97. The Kier molecular flexibility index (Phi) is 4.12. The standard InChI is InChI=1S/C13H22ClNO/c1-15(9-11-6-12(14)7-11)13(16)8-10-4-2-3-5-10/h10-12H,2-9H2,1H3. The van der Waals surface area contributed by atoms with E-state index in [1.807, 2.05) is 11.9 Å². The lowest BCUT2D eigenvalue weighted by molar-refractivity contribution is -0.131. The Labute approximate surface area is 103 Å². The molecule has 1 amide bonds. The van der Waals surface area contributed by atoms with Gasteiger partial charge < -0.3 is 4.90 Å². The van der Waals surface area contributed by atoms with Crippen LogP contribution in [0.15, 0.2) is 0 Å². The van der Waals surface area contributed by atoms with E-state index in [-0.39, 0.29) is 0 Å². The first-order valence-electron chi connectivity index (χ1n) is 6.53. The molecule has 2 fully saturated rings. The van der Waals surface area contributed by atoms with Crippen LogP contribution in [0.4, 0.5) is 0 Å². The van der Waals surface area contributed by atoms with E-state index in [1.165, 1.54) is 25.7 Å². The summed E-state index contributed by atoms with van der Waals surface area (Å²) < 4.78 is 0. The summed E-state index contributed by atoms with van der Waals surface area (Å²) in [5.74, 6) is 1.65. The Hall–Kier alpha value is -0.240. The van der Waals surface area contributed by atoms with E-state index in [4.69, 9.17) is 11.6 Å². The fourth-order valence-corrected chi connectivity index (χ4v) is 3.41. The Morgan fingerprint density at radius 2 is 1.88 bits per heavy atom. The Balaban J connectivity index is 1.67. The number of alkyl halides is 1. The number of carbonyl (C=O) groups is 1. The summed E-state index contributed by atoms with van der Waals surface area (Å²) in [6.07, 6.45) is 8.09. The molecular weight excluding hydrogens is 222 g/mol. The molecule has 0 aliphatic heterocycles. The second-order valence-corrected chi connectivity index (χ2v) is 6.18. The zero-order chi connectivity index (χ0) is 11.5. The van der Waals surface area contributed by atoms with Crippen LogP contribution in [0.3, 0.4) is 0 Å². The highest BCUT2D eigenvalue weighted by Gasteiger charge is 2.29. The van der Waals surface area contributed by atoms with E-state index in [0.717, 1.165) is 25.8 Å². The zero-order valence-corrected chi connectivity index (χ0v) is 10.9. The normalized spacial score (nSPS) is 30.1. The Morgan fingerprint density at radius 1 is 1.25 bits per heavy atom. The summed E-state index contributed by atoms with van der Waals surface area (Å²) in [5, 5.41) is 0.364. The first kappa shape index (κ1) is 12.2. The van der Waals surface area contributed by atoms with Crippen LogP contribution in [-0.2, 0) is 4.79 Å². The Bertz CT molecular complexity index is 244. The quantitative estimate of drug-likeness (QED) is 0.695. The molecule has 0 heterocycles. The number of hydrogen-bond acceptors (Lipinski definition) is 1. The zero-order valence-electron chi connectivity index (χ0n) is 10.1. The number of amides is 1. The van der Waals surface area contributed by atoms with Gasteiger partial charge in [-0.15, -0.1) is 11.6 Å². The largest absolute Gasteiger partial charge is 0.345 e. The predicted octanol–water partition coefficient (Wildman–Crippen LogP) is 3.04. The van der Waals surface area contributed by atoms with Gasteiger partial charge in [-0.3, -0.25) is 4.79 Å². The molecule has 0 N–H and O–H groups in total. The maximum absolute atomic E-state index is 11.9. The van der Waals surface area contributed by atoms with Crippen molar-refractivity contribution in [2.24, 2.45) is 11.8 Å². The maximum atomic E-state index is 11.9. The predicted molar refractivity (Wildman–Crippen MR) is 66.6 cm³/mol. The van der Waals surface area contributed by atoms with Gasteiger partial charge >= 0.3 is 0 Å². The first-order chi connectivity index (χ1) is 7.65. The van der Waals surface area contributed by atoms with Crippen LogP contribution in [0.2, 0.25) is 0 Å². The van der Waals surface area contributed by atoms with Crippen LogP contribution in [0, 0.1) is 11.8 Å². The van der Waals surface area contributed by atoms with Gasteiger partial charge in [-0.1, -0.05) is 12.8 Å². The van der Waals surface area contributed by atoms with Gasteiger partial charge in [0.1, 0.15) is 0 Å². The molecule has 0 aromatic carbocycles. The third-order valence-corrected chi connectivity index (χ3v) is 4.43. The van der Waals surface area contributed by atoms with Crippen LogP contribution < -0.4 is 0 Å². The number of nitrogens with zero attached hydrogens (tertiary/aromatic N) is 1. The van der Waals surface area contributed by atoms with Crippen molar-refractivity contribution in [3.8, 4) is 0 Å². The molecule has 16 heavy (non-hydrogen) atoms. The van der Waals surface area contributed by atoms with Crippen LogP contribution in [-0.4, -0.2) is 29.8 Å². The molecular formula is C13H22ClNO. The van der Waals surface area contributed by atoms with Gasteiger partial charge in [-0.05, 0) is 37.5 Å². The van der Waals surface area contributed by atoms with E-state index in [1.54, 1.807) is 0 Å². The van der Waals surface area contributed by atoms with Crippen molar-refractivity contribution >= 4 is 17.5 Å². The summed E-state index contributed by atoms with van der Waals surface area (Å²) in [7, 11) is 1.94. The fraction of sp³-hybridized carbons (Fsp3) is 0.923. The van der Waals surface area contributed by atoms with E-state index in [2.05, 4.69) is 0 Å². The van der Waals surface area contributed by atoms with Crippen molar-refractivity contribution in [3.05, 3.63) is 0 Å². The van der Waals surface area contributed by atoms with Gasteiger partial charge in [-0.25, -0.2) is 0 Å². The molecule has 3 heteroatoms. The highest BCUT2D eigenvalue weighted by atomic mass is 35.5. The van der Waals surface area contributed by atoms with Gasteiger partial charge in [0.15, 0.2) is 0 Å². The van der Waals surface area contributed by atoms with Crippen molar-refractivity contribution in [2.45, 2.75) is 50.3 Å². The van der Waals surface area contributed by atoms with Gasteiger partial charge in [-0.2, -0.15) is 0 Å². The summed E-state index contributed by atoms with van der Waals surface area (Å²) in [5.41, 5.74) is 0. The number of halogens is 1. The Morgan fingerprint density at radius 3 is 2.44 bits per heavy atom. The monoisotopic (exact) mass is 243 g/mol. The highest BCUT2D eigenvalue weighted by molar-refractivity contribution is 6.21. The molecule has 2 rings (SSSR count). The van der Waals surface area contributed by atoms with Gasteiger partial charge in [0.2, 0.25) is 5.91 Å². The number of hydrogen-bond donors (Lipinski definition) is 0. The smallest absolute Gasteiger partial charge is 0.222 e. The molecule has 92 valence electrons. The van der Waals surface area contributed by atoms with Crippen LogP contribution in [0.25, 0.3) is 0 Å². The van der Waals surface area contributed by atoms with Crippen molar-refractivity contribution in [1.29, 1.82) is 0 Å². The molecule has 2 aliphatic rings. The third-order valence-electron chi connectivity index (χ3n) is 4.07. The summed E-state index contributed by atoms with van der Waals surface area (Å²) in [6, 6.07) is 0. The fourth-order valence-electron chi connectivity index (χ4n) is 2.91. The molecule has 0 atom stereocenters. The summed E-state index contributed by atoms with van der Waals surface area (Å²) >= 11 is 5.94. The van der Waals surface area contributed by atoms with E-state index < -0.39 is 0 Å². The molecule has 2 nitrogen and oxygen atoms in total. The molecule has 0 aromatic rings. The SMILES string of the molecule is CN(CC1CC(Cl)C1)C(=O)CC1CCCC1. The topological polar surface area (TPSA) is 20.3 Å². The lowest BCUT2D eigenvalue weighted by atomic mass is 9.84. The molecule has 0 saturated heterocycles. The molecule has 0 bridgehead atoms. The second-order valence-electron chi connectivity index (χ2n) is 5.56. The average molecular weight is 244 g/mol. The molecule has 0 radical (unpaired) electrons. The van der Waals surface area contributed by atoms with E-state index in [0.29, 0.717) is 23.1 Å². The van der Waals surface area contributed by atoms with Crippen molar-refractivity contribution < 1.29 is 4.79 Å². The van der Waals surface area contributed by atoms with Gasteiger partial charge in [0.25, 0.3) is 0 Å². The molecule has 0 unspecified atom stereocenters. The van der Waals surface area contributed by atoms with E-state index >= 15 is 0 Å². The van der Waals surface area contributed by atoms with Gasteiger partial charge in [0.05, 0.1) is 0 Å².